The zero-order valence-corrected chi connectivity index (χ0v) is 26.5. The van der Waals surface area contributed by atoms with Crippen LogP contribution in [-0.2, 0) is 32.0 Å². The molecular weight excluding hydrogens is 672 g/mol. The van der Waals surface area contributed by atoms with E-state index in [1.807, 2.05) is 0 Å². The van der Waals surface area contributed by atoms with Gasteiger partial charge in [-0.1, -0.05) is 0 Å². The first-order chi connectivity index (χ1) is 22.0. The monoisotopic (exact) mass is 706 g/mol. The maximum Gasteiger partial charge on any atom is 0.481 e. The van der Waals surface area contributed by atoms with Crippen molar-refractivity contribution in [3.63, 3.8) is 0 Å². The Kier molecular flexibility index (Phi) is 10.0. The molecule has 2 aliphatic rings. The van der Waals surface area contributed by atoms with Gasteiger partial charge in [-0.3, -0.25) is 18.4 Å². The number of aromatic nitrogens is 4. The number of aliphatic hydroxyl groups excluding tert-OH is 4. The first-order valence-electron chi connectivity index (χ1n) is 13.8. The van der Waals surface area contributed by atoms with Gasteiger partial charge in [0, 0.05) is 26.4 Å². The molecule has 2 aliphatic heterocycles. The number of hydrogen-bond donors (Lipinski definition) is 8. The summed E-state index contributed by atoms with van der Waals surface area (Å²) in [5.41, 5.74) is 12.1. The lowest BCUT2D eigenvalue weighted by Crippen LogP contribution is -2.46. The molecule has 1 amide bonds. The molecule has 2 saturated heterocycles. The zero-order valence-electron chi connectivity index (χ0n) is 24.7. The molecule has 10 atom stereocenters. The van der Waals surface area contributed by atoms with E-state index in [9.17, 15) is 44.1 Å². The number of phosphoric ester groups is 2. The Labute approximate surface area is 265 Å². The van der Waals surface area contributed by atoms with Crippen LogP contribution < -0.4 is 20.9 Å². The summed E-state index contributed by atoms with van der Waals surface area (Å²) in [5.74, 6) is -0.509. The van der Waals surface area contributed by atoms with Gasteiger partial charge < -0.3 is 56.1 Å². The van der Waals surface area contributed by atoms with Gasteiger partial charge in [0.05, 0.1) is 18.9 Å². The molecule has 4 unspecified atom stereocenters. The van der Waals surface area contributed by atoms with Crippen LogP contribution in [0.1, 0.15) is 22.8 Å². The second kappa shape index (κ2) is 13.4. The third-order valence-electron chi connectivity index (χ3n) is 7.33. The number of primary amides is 1. The summed E-state index contributed by atoms with van der Waals surface area (Å²) in [7, 11) is -7.47. The van der Waals surface area contributed by atoms with Crippen LogP contribution in [0, 0.1) is 0 Å². The van der Waals surface area contributed by atoms with Crippen LogP contribution in [0.2, 0.25) is 0 Å². The summed E-state index contributed by atoms with van der Waals surface area (Å²) in [6, 6.07) is 4.36. The number of pyridine rings is 2. The van der Waals surface area contributed by atoms with Gasteiger partial charge in [0.25, 0.3) is 12.1 Å². The second-order valence-electron chi connectivity index (χ2n) is 10.9. The van der Waals surface area contributed by atoms with Gasteiger partial charge >= 0.3 is 15.6 Å². The molecule has 47 heavy (non-hydrogen) atoms. The Bertz CT molecular complexity index is 1730. The average molecular weight is 707 g/mol. The molecule has 0 spiro atoms. The lowest BCUT2D eigenvalue weighted by Gasteiger charge is -2.22. The second-order valence-corrected chi connectivity index (χ2v) is 13.9. The molecule has 0 radical (unpaired) electrons. The zero-order chi connectivity index (χ0) is 34.4. The van der Waals surface area contributed by atoms with Crippen molar-refractivity contribution in [1.29, 1.82) is 0 Å². The highest BCUT2D eigenvalue weighted by atomic mass is 31.3. The van der Waals surface area contributed by atoms with Crippen LogP contribution in [0.3, 0.4) is 0 Å². The van der Waals surface area contributed by atoms with Crippen LogP contribution in [-0.4, -0.2) is 115 Å². The largest absolute Gasteiger partial charge is 0.481 e. The van der Waals surface area contributed by atoms with Gasteiger partial charge in [0.15, 0.2) is 30.4 Å². The average Bonchev–Trinajstić information content (AvgIpc) is 3.62. The van der Waals surface area contributed by atoms with E-state index in [-0.39, 0.29) is 22.8 Å². The van der Waals surface area contributed by atoms with Gasteiger partial charge in [-0.25, -0.2) is 19.1 Å². The normalized spacial score (nSPS) is 30.3. The predicted molar refractivity (Wildman–Crippen MR) is 156 cm³/mol. The number of fused-ring (bicyclic) bond motifs is 1. The number of nitrogen functional groups attached to an aromatic ring is 1. The number of amides is 1. The van der Waals surface area contributed by atoms with E-state index in [2.05, 4.69) is 14.3 Å². The number of imidazole rings is 1. The highest BCUT2D eigenvalue weighted by molar-refractivity contribution is 7.61. The van der Waals surface area contributed by atoms with E-state index >= 15 is 0 Å². The van der Waals surface area contributed by atoms with E-state index in [1.165, 1.54) is 45.9 Å². The molecule has 5 heterocycles. The molecular formula is C24H34N7O14P2+. The van der Waals surface area contributed by atoms with Crippen molar-refractivity contribution in [3.8, 4) is 0 Å². The fraction of sp³-hybridized carbons (Fsp3) is 0.500. The Morgan fingerprint density at radius 2 is 1.64 bits per heavy atom. The first-order valence-corrected chi connectivity index (χ1v) is 16.8. The van der Waals surface area contributed by atoms with Gasteiger partial charge in [-0.05, 0) is 12.1 Å². The summed E-state index contributed by atoms with van der Waals surface area (Å²) in [5, 5.41) is 42.2. The number of hydrogen-bond acceptors (Lipinski definition) is 16. The number of nitrogens with two attached hydrogens (primary N) is 2. The highest BCUT2D eigenvalue weighted by Gasteiger charge is 2.50. The number of carbonyl (C=O) groups is 1. The van der Waals surface area contributed by atoms with Gasteiger partial charge in [0.1, 0.15) is 41.6 Å². The summed E-state index contributed by atoms with van der Waals surface area (Å²) in [6.45, 7) is -1.80. The van der Waals surface area contributed by atoms with Crippen molar-refractivity contribution < 1.29 is 71.5 Å². The van der Waals surface area contributed by atoms with Gasteiger partial charge in [-0.15, -0.1) is 0 Å². The van der Waals surface area contributed by atoms with Crippen molar-refractivity contribution in [2.75, 3.05) is 37.9 Å². The van der Waals surface area contributed by atoms with Crippen LogP contribution in [0.25, 0.3) is 11.2 Å². The first kappa shape index (κ1) is 35.2. The summed E-state index contributed by atoms with van der Waals surface area (Å²) < 4.78 is 52.8. The Balaban J connectivity index is 1.19. The predicted octanol–water partition coefficient (Wildman–Crippen LogP) is -2.34. The van der Waals surface area contributed by atoms with E-state index in [1.54, 1.807) is 19.0 Å². The maximum atomic E-state index is 12.6. The molecule has 0 aliphatic carbocycles. The lowest BCUT2D eigenvalue weighted by atomic mass is 10.1. The molecule has 10 N–H and O–H groups in total. The number of rotatable bonds is 12. The van der Waals surface area contributed by atoms with E-state index in [0.29, 0.717) is 5.52 Å². The minimum atomic E-state index is -5.39. The van der Waals surface area contributed by atoms with E-state index < -0.39 is 83.8 Å². The van der Waals surface area contributed by atoms with Crippen molar-refractivity contribution in [2.24, 2.45) is 5.73 Å². The Morgan fingerprint density at radius 1 is 1.02 bits per heavy atom. The Hall–Kier alpha value is -3.14. The van der Waals surface area contributed by atoms with Crippen LogP contribution >= 0.6 is 15.6 Å². The quantitative estimate of drug-likeness (QED) is 0.0722. The number of carbonyl (C=O) groups excluding carboxylic acids is 1. The fourth-order valence-corrected chi connectivity index (χ4v) is 7.14. The molecule has 3 aromatic rings. The van der Waals surface area contributed by atoms with Crippen molar-refractivity contribution in [2.45, 2.75) is 49.1 Å². The molecule has 0 saturated carbocycles. The molecule has 3 aromatic heterocycles. The number of aliphatic hydroxyl groups is 4. The molecule has 5 rings (SSSR count). The molecule has 23 heteroatoms. The minimum absolute atomic E-state index is 0.0701. The highest BCUT2D eigenvalue weighted by Crippen LogP contribution is 2.60. The number of phosphoric acid groups is 2. The van der Waals surface area contributed by atoms with Gasteiger partial charge in [0.2, 0.25) is 5.95 Å². The van der Waals surface area contributed by atoms with Gasteiger partial charge in [-0.2, -0.15) is 8.88 Å². The topological polar surface area (TPSA) is 309 Å². The molecule has 2 fully saturated rings. The molecule has 0 bridgehead atoms. The van der Waals surface area contributed by atoms with Crippen molar-refractivity contribution in [3.05, 3.63) is 42.4 Å². The smallest absolute Gasteiger partial charge is 0.397 e. The third kappa shape index (κ3) is 7.32. The Morgan fingerprint density at radius 3 is 2.26 bits per heavy atom. The van der Waals surface area contributed by atoms with Crippen molar-refractivity contribution >= 4 is 44.4 Å². The number of anilines is 2. The van der Waals surface area contributed by atoms with E-state index in [4.69, 9.17) is 30.0 Å². The molecule has 21 nitrogen and oxygen atoms in total. The van der Waals surface area contributed by atoms with Crippen LogP contribution in [0.15, 0.2) is 36.8 Å². The van der Waals surface area contributed by atoms with E-state index in [0.717, 1.165) is 0 Å². The lowest BCUT2D eigenvalue weighted by molar-refractivity contribution is -0.765. The third-order valence-corrected chi connectivity index (χ3v) is 9.93. The van der Waals surface area contributed by atoms with Crippen LogP contribution in [0.4, 0.5) is 11.6 Å². The van der Waals surface area contributed by atoms with Crippen LogP contribution in [0.5, 0.6) is 0 Å². The fourth-order valence-electron chi connectivity index (χ4n) is 5.05. The summed E-state index contributed by atoms with van der Waals surface area (Å²) in [6.07, 6.45) is -7.90. The summed E-state index contributed by atoms with van der Waals surface area (Å²) >= 11 is 0. The molecule has 258 valence electrons. The number of nitrogens with zero attached hydrogens (tertiary/aromatic N) is 5. The SMILES string of the molecule is CN(C)c1nc2c(N)ccnc2n1[C@@H]1O[C@H](COP(=O)(O)OP(=O)(O)OC[C@@H]2O[C@H]([n+]3cccc(C(N)=O)c3)[C@H](O)C2O)[C@H](O)C1O. The molecule has 0 aromatic carbocycles. The minimum Gasteiger partial charge on any atom is -0.397 e. The maximum absolute atomic E-state index is 12.6. The standard InChI is InChI=1S/C24H33N7O14P2/c1-29(2)24-28-15-12(25)5-6-27-21(15)31(24)23-19(35)17(33)14(44-23)10-42-47(39,40)45-46(37,38)41-9-13-16(32)18(34)22(43-13)30-7-3-4-11(8-30)20(26)36/h3-8,13-14,16-19,22-23,32-35H,9-10H2,1-2H3,(H5-,25,26,27,36,37,38,39,40)/p+1/t13-,14+,16?,17-,18+,19?,22-,23+/m0/s1. The summed E-state index contributed by atoms with van der Waals surface area (Å²) in [4.78, 5) is 41.9. The number of ether oxygens (including phenoxy) is 2. The van der Waals surface area contributed by atoms with Crippen molar-refractivity contribution in [1.82, 2.24) is 14.5 Å².